The van der Waals surface area contributed by atoms with Crippen molar-refractivity contribution in [2.45, 2.75) is 62.5 Å². The number of aryl methyl sites for hydroxylation is 1. The van der Waals surface area contributed by atoms with Crippen molar-refractivity contribution in [1.82, 2.24) is 19.5 Å². The second-order valence-corrected chi connectivity index (χ2v) is 9.94. The van der Waals surface area contributed by atoms with Gasteiger partial charge in [-0.2, -0.15) is 5.10 Å². The quantitative estimate of drug-likeness (QED) is 0.731. The summed E-state index contributed by atoms with van der Waals surface area (Å²) in [5, 5.41) is 6.89. The third kappa shape index (κ3) is 3.45. The van der Waals surface area contributed by atoms with Crippen LogP contribution in [0.3, 0.4) is 0 Å². The Hall–Kier alpha value is -2.66. The second-order valence-electron chi connectivity index (χ2n) is 8.29. The number of nitrogens with one attached hydrogen (secondary N) is 2. The zero-order valence-electron chi connectivity index (χ0n) is 17.5. The van der Waals surface area contributed by atoms with Gasteiger partial charge in [-0.1, -0.05) is 6.92 Å². The monoisotopic (exact) mass is 447 g/mol. The molecule has 0 aromatic carbocycles. The normalized spacial score (nSPS) is 21.7. The molecule has 31 heavy (non-hydrogen) atoms. The molecule has 166 valence electrons. The van der Waals surface area contributed by atoms with E-state index in [0.717, 1.165) is 60.3 Å². The van der Waals surface area contributed by atoms with E-state index in [1.807, 2.05) is 0 Å². The summed E-state index contributed by atoms with van der Waals surface area (Å²) in [4.78, 5) is 17.4. The average molecular weight is 448 g/mol. The number of pyridine rings is 1. The maximum atomic E-state index is 12.9. The molecule has 0 saturated carbocycles. The van der Waals surface area contributed by atoms with E-state index in [9.17, 15) is 13.2 Å². The van der Waals surface area contributed by atoms with Gasteiger partial charge in [0.25, 0.3) is 10.0 Å². The average Bonchev–Trinajstić information content (AvgIpc) is 3.45. The van der Waals surface area contributed by atoms with Gasteiger partial charge in [-0.3, -0.25) is 4.98 Å². The SMILES string of the molecule is COC1COc2c(S(=O)(=O)NC(=O)Nc3c4c(nc5c3CCC5C)CCC4)cnn2C1. The van der Waals surface area contributed by atoms with Crippen LogP contribution in [0.25, 0.3) is 0 Å². The van der Waals surface area contributed by atoms with Crippen LogP contribution in [0.5, 0.6) is 5.88 Å². The van der Waals surface area contributed by atoms with Crippen molar-refractivity contribution in [2.75, 3.05) is 19.0 Å². The Labute approximate surface area is 180 Å². The molecule has 3 heterocycles. The molecule has 10 nitrogen and oxygen atoms in total. The minimum atomic E-state index is -4.17. The number of nitrogens with zero attached hydrogens (tertiary/aromatic N) is 3. The lowest BCUT2D eigenvalue weighted by molar-refractivity contribution is 0.0165. The molecular weight excluding hydrogens is 422 g/mol. The van der Waals surface area contributed by atoms with E-state index in [2.05, 4.69) is 22.1 Å². The van der Waals surface area contributed by atoms with Gasteiger partial charge in [-0.25, -0.2) is 22.6 Å². The highest BCUT2D eigenvalue weighted by Gasteiger charge is 2.33. The number of amides is 2. The molecule has 2 unspecified atom stereocenters. The first-order valence-electron chi connectivity index (χ1n) is 10.5. The molecular formula is C20H25N5O5S. The first kappa shape index (κ1) is 20.3. The summed E-state index contributed by atoms with van der Waals surface area (Å²) in [6.45, 7) is 2.72. The summed E-state index contributed by atoms with van der Waals surface area (Å²) < 4.78 is 40.1. The number of carbonyl (C=O) groups excluding carboxylic acids is 1. The molecule has 5 rings (SSSR count). The molecule has 2 N–H and O–H groups in total. The van der Waals surface area contributed by atoms with Crippen molar-refractivity contribution in [2.24, 2.45) is 0 Å². The highest BCUT2D eigenvalue weighted by molar-refractivity contribution is 7.90. The van der Waals surface area contributed by atoms with Crippen LogP contribution in [0.2, 0.25) is 0 Å². The van der Waals surface area contributed by atoms with Crippen molar-refractivity contribution in [3.8, 4) is 5.88 Å². The smallest absolute Gasteiger partial charge is 0.333 e. The van der Waals surface area contributed by atoms with Crippen molar-refractivity contribution in [1.29, 1.82) is 0 Å². The lowest BCUT2D eigenvalue weighted by Gasteiger charge is -2.23. The van der Waals surface area contributed by atoms with Gasteiger partial charge < -0.3 is 14.8 Å². The van der Waals surface area contributed by atoms with Gasteiger partial charge in [0.2, 0.25) is 5.88 Å². The topological polar surface area (TPSA) is 124 Å². The third-order valence-corrected chi connectivity index (χ3v) is 7.59. The van der Waals surface area contributed by atoms with Crippen LogP contribution in [-0.2, 0) is 40.6 Å². The number of carbonyl (C=O) groups is 1. The van der Waals surface area contributed by atoms with E-state index in [1.54, 1.807) is 7.11 Å². The maximum absolute atomic E-state index is 12.9. The van der Waals surface area contributed by atoms with Crippen LogP contribution in [0.15, 0.2) is 11.1 Å². The number of anilines is 1. The highest BCUT2D eigenvalue weighted by atomic mass is 32.2. The minimum absolute atomic E-state index is 0.105. The van der Waals surface area contributed by atoms with Crippen molar-refractivity contribution >= 4 is 21.7 Å². The fourth-order valence-corrected chi connectivity index (χ4v) is 5.63. The minimum Gasteiger partial charge on any atom is -0.474 e. The number of methoxy groups -OCH3 is 1. The molecule has 2 aromatic heterocycles. The Morgan fingerprint density at radius 1 is 1.29 bits per heavy atom. The maximum Gasteiger partial charge on any atom is 0.333 e. The molecule has 0 radical (unpaired) electrons. The van der Waals surface area contributed by atoms with Crippen molar-refractivity contribution in [3.05, 3.63) is 28.7 Å². The number of aromatic nitrogens is 3. The fourth-order valence-electron chi connectivity index (χ4n) is 4.65. The third-order valence-electron chi connectivity index (χ3n) is 6.28. The van der Waals surface area contributed by atoms with Gasteiger partial charge in [0.05, 0.1) is 18.4 Å². The Morgan fingerprint density at radius 3 is 2.94 bits per heavy atom. The van der Waals surface area contributed by atoms with Gasteiger partial charge in [0, 0.05) is 18.5 Å². The van der Waals surface area contributed by atoms with E-state index < -0.39 is 16.1 Å². The molecule has 2 aromatic rings. The molecule has 1 aliphatic heterocycles. The van der Waals surface area contributed by atoms with E-state index >= 15 is 0 Å². The summed E-state index contributed by atoms with van der Waals surface area (Å²) in [5.74, 6) is 0.438. The van der Waals surface area contributed by atoms with Gasteiger partial charge in [0.1, 0.15) is 12.7 Å². The summed E-state index contributed by atoms with van der Waals surface area (Å²) in [7, 11) is -2.61. The van der Waals surface area contributed by atoms with E-state index in [0.29, 0.717) is 12.5 Å². The molecule has 2 atom stereocenters. The van der Waals surface area contributed by atoms with E-state index in [1.165, 1.54) is 10.9 Å². The van der Waals surface area contributed by atoms with Gasteiger partial charge >= 0.3 is 6.03 Å². The number of rotatable bonds is 4. The summed E-state index contributed by atoms with van der Waals surface area (Å²) >= 11 is 0. The number of hydrogen-bond donors (Lipinski definition) is 2. The van der Waals surface area contributed by atoms with Crippen LogP contribution in [0.4, 0.5) is 10.5 Å². The molecule has 0 fully saturated rings. The molecule has 2 aliphatic carbocycles. The van der Waals surface area contributed by atoms with Gasteiger partial charge in [-0.15, -0.1) is 0 Å². The highest BCUT2D eigenvalue weighted by Crippen LogP contribution is 2.41. The van der Waals surface area contributed by atoms with Gasteiger partial charge in [0.15, 0.2) is 4.90 Å². The van der Waals surface area contributed by atoms with E-state index in [4.69, 9.17) is 14.5 Å². The molecule has 2 amide bonds. The largest absolute Gasteiger partial charge is 0.474 e. The number of urea groups is 1. The zero-order valence-corrected chi connectivity index (χ0v) is 18.3. The lowest BCUT2D eigenvalue weighted by atomic mass is 10.0. The molecule has 0 spiro atoms. The lowest BCUT2D eigenvalue weighted by Crippen LogP contribution is -2.36. The number of fused-ring (bicyclic) bond motifs is 3. The Kier molecular flexibility index (Phi) is 4.89. The predicted octanol–water partition coefficient (Wildman–Crippen LogP) is 1.73. The Balaban J connectivity index is 1.39. The number of ether oxygens (including phenoxy) is 2. The van der Waals surface area contributed by atoms with E-state index in [-0.39, 0.29) is 23.5 Å². The first-order chi connectivity index (χ1) is 14.9. The molecule has 0 saturated heterocycles. The number of hydrogen-bond acceptors (Lipinski definition) is 7. The van der Waals surface area contributed by atoms with Crippen molar-refractivity contribution in [3.63, 3.8) is 0 Å². The Morgan fingerprint density at radius 2 is 2.13 bits per heavy atom. The van der Waals surface area contributed by atoms with Crippen LogP contribution < -0.4 is 14.8 Å². The number of sulfonamides is 1. The summed E-state index contributed by atoms with van der Waals surface area (Å²) in [6.07, 6.45) is 5.47. The van der Waals surface area contributed by atoms with Gasteiger partial charge in [-0.05, 0) is 49.1 Å². The molecule has 11 heteroatoms. The van der Waals surface area contributed by atoms with Crippen LogP contribution >= 0.6 is 0 Å². The van der Waals surface area contributed by atoms with Crippen LogP contribution in [-0.4, -0.2) is 49.0 Å². The van der Waals surface area contributed by atoms with Crippen LogP contribution in [0.1, 0.15) is 48.2 Å². The van der Waals surface area contributed by atoms with Crippen LogP contribution in [0, 0.1) is 0 Å². The summed E-state index contributed by atoms with van der Waals surface area (Å²) in [5.41, 5.74) is 4.81. The first-order valence-corrected chi connectivity index (χ1v) is 12.0. The standard InChI is InChI=1S/C20H25N5O5S/c1-11-6-7-14-17(11)22-15-5-3-4-13(15)18(14)23-20(26)24-31(27,28)16-8-21-25-9-12(29-2)10-30-19(16)25/h8,11-12H,3-7,9-10H2,1-2H3,(H2,22,23,24,26). The molecule has 0 bridgehead atoms. The van der Waals surface area contributed by atoms with Crippen molar-refractivity contribution < 1.29 is 22.7 Å². The summed E-state index contributed by atoms with van der Waals surface area (Å²) in [6, 6.07) is -0.799. The Bertz CT molecular complexity index is 1160. The predicted molar refractivity (Wildman–Crippen MR) is 111 cm³/mol. The molecule has 3 aliphatic rings. The zero-order chi connectivity index (χ0) is 21.8. The fraction of sp³-hybridized carbons (Fsp3) is 0.550. The second kappa shape index (κ2) is 7.49.